The average Bonchev–Trinajstić information content (AvgIpc) is 3.34. The van der Waals surface area contributed by atoms with Crippen molar-refractivity contribution >= 4 is 42.4 Å². The topological polar surface area (TPSA) is 98.9 Å². The van der Waals surface area contributed by atoms with Crippen molar-refractivity contribution in [2.75, 3.05) is 24.4 Å². The SMILES string of the molecule is CS(=O)(=O)c1ccc2nc(N(Cc3ccco3)C(=O)C3=COCCO3)sc2c1. The number of fused-ring (bicyclic) bond motifs is 1. The van der Waals surface area contributed by atoms with Crippen LogP contribution < -0.4 is 4.90 Å². The molecule has 0 atom stereocenters. The van der Waals surface area contributed by atoms with E-state index in [1.807, 2.05) is 0 Å². The van der Waals surface area contributed by atoms with Crippen LogP contribution in [-0.4, -0.2) is 38.8 Å². The van der Waals surface area contributed by atoms with Crippen LogP contribution in [0.3, 0.4) is 0 Å². The van der Waals surface area contributed by atoms with Crippen LogP contribution in [0.4, 0.5) is 5.13 Å². The lowest BCUT2D eigenvalue weighted by Gasteiger charge is -2.22. The van der Waals surface area contributed by atoms with Crippen LogP contribution in [-0.2, 0) is 30.7 Å². The second kappa shape index (κ2) is 7.28. The smallest absolute Gasteiger partial charge is 0.298 e. The maximum absolute atomic E-state index is 13.0. The van der Waals surface area contributed by atoms with E-state index in [0.717, 1.165) is 6.26 Å². The maximum atomic E-state index is 13.0. The molecule has 0 saturated heterocycles. The Morgan fingerprint density at radius 2 is 2.14 bits per heavy atom. The molecule has 0 bridgehead atoms. The van der Waals surface area contributed by atoms with E-state index in [4.69, 9.17) is 13.9 Å². The predicted molar refractivity (Wildman–Crippen MR) is 103 cm³/mol. The Balaban J connectivity index is 1.74. The lowest BCUT2D eigenvalue weighted by Crippen LogP contribution is -2.33. The van der Waals surface area contributed by atoms with E-state index in [2.05, 4.69) is 4.98 Å². The lowest BCUT2D eigenvalue weighted by atomic mass is 10.3. The largest absolute Gasteiger partial charge is 0.494 e. The molecule has 0 unspecified atom stereocenters. The summed E-state index contributed by atoms with van der Waals surface area (Å²) in [5.74, 6) is 0.231. The molecule has 0 radical (unpaired) electrons. The van der Waals surface area contributed by atoms with Crippen molar-refractivity contribution in [1.29, 1.82) is 0 Å². The molecule has 2 aromatic heterocycles. The first kappa shape index (κ1) is 18.5. The van der Waals surface area contributed by atoms with Gasteiger partial charge < -0.3 is 13.9 Å². The Morgan fingerprint density at radius 1 is 1.29 bits per heavy atom. The maximum Gasteiger partial charge on any atom is 0.298 e. The summed E-state index contributed by atoms with van der Waals surface area (Å²) in [7, 11) is -3.34. The fourth-order valence-electron chi connectivity index (χ4n) is 2.64. The standard InChI is InChI=1S/C18H16N2O6S2/c1-28(22,23)13-4-5-14-16(9-13)27-18(19-14)20(10-12-3-2-6-25-12)17(21)15-11-24-7-8-26-15/h2-6,9,11H,7-8,10H2,1H3. The van der Waals surface area contributed by atoms with Gasteiger partial charge in [-0.05, 0) is 30.3 Å². The van der Waals surface area contributed by atoms with Crippen molar-refractivity contribution in [3.63, 3.8) is 0 Å². The van der Waals surface area contributed by atoms with Gasteiger partial charge in [0.05, 0.1) is 27.9 Å². The Labute approximate surface area is 164 Å². The van der Waals surface area contributed by atoms with Crippen LogP contribution in [0.25, 0.3) is 10.2 Å². The monoisotopic (exact) mass is 420 g/mol. The molecule has 28 heavy (non-hydrogen) atoms. The number of aromatic nitrogens is 1. The molecule has 0 spiro atoms. The van der Waals surface area contributed by atoms with Crippen LogP contribution in [0, 0.1) is 0 Å². The van der Waals surface area contributed by atoms with Crippen LogP contribution >= 0.6 is 11.3 Å². The van der Waals surface area contributed by atoms with Gasteiger partial charge >= 0.3 is 0 Å². The van der Waals surface area contributed by atoms with Gasteiger partial charge in [0.15, 0.2) is 15.0 Å². The summed E-state index contributed by atoms with van der Waals surface area (Å²) < 4.78 is 40.3. The summed E-state index contributed by atoms with van der Waals surface area (Å²) in [6.45, 7) is 0.805. The minimum Gasteiger partial charge on any atom is -0.494 e. The summed E-state index contributed by atoms with van der Waals surface area (Å²) in [6, 6.07) is 8.16. The van der Waals surface area contributed by atoms with Crippen LogP contribution in [0.1, 0.15) is 5.76 Å². The van der Waals surface area contributed by atoms with Crippen LogP contribution in [0.2, 0.25) is 0 Å². The first-order valence-electron chi connectivity index (χ1n) is 8.31. The number of thiazole rings is 1. The van der Waals surface area contributed by atoms with Gasteiger partial charge in [-0.1, -0.05) is 11.3 Å². The summed E-state index contributed by atoms with van der Waals surface area (Å²) >= 11 is 1.21. The molecule has 3 heterocycles. The van der Waals surface area contributed by atoms with Gasteiger partial charge in [0.1, 0.15) is 25.2 Å². The number of amides is 1. The van der Waals surface area contributed by atoms with Crippen LogP contribution in [0.5, 0.6) is 0 Å². The lowest BCUT2D eigenvalue weighted by molar-refractivity contribution is -0.120. The second-order valence-corrected chi connectivity index (χ2v) is 9.09. The summed E-state index contributed by atoms with van der Waals surface area (Å²) in [4.78, 5) is 19.1. The molecule has 146 valence electrons. The number of ether oxygens (including phenoxy) is 2. The van der Waals surface area contributed by atoms with E-state index >= 15 is 0 Å². The number of carbonyl (C=O) groups is 1. The zero-order valence-corrected chi connectivity index (χ0v) is 16.5. The van der Waals surface area contributed by atoms with Crippen molar-refractivity contribution in [3.05, 3.63) is 54.4 Å². The fourth-order valence-corrected chi connectivity index (χ4v) is 4.36. The highest BCUT2D eigenvalue weighted by Gasteiger charge is 2.27. The average molecular weight is 420 g/mol. The molecular formula is C18H16N2O6S2. The third-order valence-electron chi connectivity index (χ3n) is 4.01. The number of anilines is 1. The molecule has 1 amide bonds. The molecule has 0 aliphatic carbocycles. The highest BCUT2D eigenvalue weighted by atomic mass is 32.2. The highest BCUT2D eigenvalue weighted by molar-refractivity contribution is 7.90. The minimum atomic E-state index is -3.34. The molecule has 0 N–H and O–H groups in total. The third kappa shape index (κ3) is 3.73. The van der Waals surface area contributed by atoms with Gasteiger partial charge in [-0.25, -0.2) is 13.4 Å². The Hall–Kier alpha value is -2.85. The predicted octanol–water partition coefficient (Wildman–Crippen LogP) is 2.71. The van der Waals surface area contributed by atoms with Gasteiger partial charge in [-0.2, -0.15) is 0 Å². The molecule has 0 fully saturated rings. The van der Waals surface area contributed by atoms with Crippen molar-refractivity contribution in [2.24, 2.45) is 0 Å². The number of hydrogen-bond acceptors (Lipinski definition) is 8. The molecule has 4 rings (SSSR count). The van der Waals surface area contributed by atoms with E-state index < -0.39 is 15.7 Å². The Kier molecular flexibility index (Phi) is 4.82. The Morgan fingerprint density at radius 3 is 2.82 bits per heavy atom. The number of furan rings is 1. The normalized spacial score (nSPS) is 14.2. The zero-order chi connectivity index (χ0) is 19.7. The number of sulfone groups is 1. The second-order valence-electron chi connectivity index (χ2n) is 6.07. The number of rotatable bonds is 5. The van der Waals surface area contributed by atoms with Gasteiger partial charge in [-0.15, -0.1) is 0 Å². The number of benzene rings is 1. The molecule has 8 nitrogen and oxygen atoms in total. The van der Waals surface area contributed by atoms with E-state index in [1.54, 1.807) is 24.3 Å². The van der Waals surface area contributed by atoms with E-state index in [9.17, 15) is 13.2 Å². The number of carbonyl (C=O) groups excluding carboxylic acids is 1. The summed E-state index contributed by atoms with van der Waals surface area (Å²) in [5.41, 5.74) is 0.597. The first-order valence-corrected chi connectivity index (χ1v) is 11.0. The molecule has 0 saturated carbocycles. The molecular weight excluding hydrogens is 404 g/mol. The molecule has 10 heteroatoms. The van der Waals surface area contributed by atoms with Crippen molar-refractivity contribution in [3.8, 4) is 0 Å². The van der Waals surface area contributed by atoms with Gasteiger partial charge in [-0.3, -0.25) is 9.69 Å². The summed E-state index contributed by atoms with van der Waals surface area (Å²) in [5, 5.41) is 0.400. The first-order chi connectivity index (χ1) is 13.4. The molecule has 1 aliphatic rings. The van der Waals surface area contributed by atoms with Crippen molar-refractivity contribution in [2.45, 2.75) is 11.4 Å². The highest BCUT2D eigenvalue weighted by Crippen LogP contribution is 2.32. The van der Waals surface area contributed by atoms with E-state index in [0.29, 0.717) is 27.7 Å². The Bertz CT molecular complexity index is 1150. The molecule has 1 aromatic carbocycles. The van der Waals surface area contributed by atoms with E-state index in [-0.39, 0.29) is 23.8 Å². The quantitative estimate of drug-likeness (QED) is 0.626. The zero-order valence-electron chi connectivity index (χ0n) is 14.8. The summed E-state index contributed by atoms with van der Waals surface area (Å²) in [6.07, 6.45) is 3.96. The minimum absolute atomic E-state index is 0.0777. The van der Waals surface area contributed by atoms with Crippen molar-refractivity contribution in [1.82, 2.24) is 4.98 Å². The van der Waals surface area contributed by atoms with Gasteiger partial charge in [0.25, 0.3) is 5.91 Å². The van der Waals surface area contributed by atoms with Crippen LogP contribution in [0.15, 0.2) is 57.9 Å². The third-order valence-corrected chi connectivity index (χ3v) is 6.16. The van der Waals surface area contributed by atoms with Crippen molar-refractivity contribution < 1.29 is 27.1 Å². The number of nitrogens with zero attached hydrogens (tertiary/aromatic N) is 2. The van der Waals surface area contributed by atoms with E-state index in [1.165, 1.54) is 34.8 Å². The molecule has 3 aromatic rings. The van der Waals surface area contributed by atoms with Gasteiger partial charge in [0.2, 0.25) is 5.76 Å². The fraction of sp³-hybridized carbons (Fsp3) is 0.222. The number of hydrogen-bond donors (Lipinski definition) is 0. The molecule has 1 aliphatic heterocycles. The van der Waals surface area contributed by atoms with Gasteiger partial charge in [0, 0.05) is 6.26 Å².